The van der Waals surface area contributed by atoms with Gasteiger partial charge in [-0.3, -0.25) is 4.79 Å². The summed E-state index contributed by atoms with van der Waals surface area (Å²) in [6, 6.07) is 9.52. The number of benzene rings is 1. The lowest BCUT2D eigenvalue weighted by Gasteiger charge is -2.32. The molecule has 5 heteroatoms. The van der Waals surface area contributed by atoms with Gasteiger partial charge in [-0.25, -0.2) is 0 Å². The smallest absolute Gasteiger partial charge is 0.226 e. The number of piperidine rings is 1. The molecule has 2 N–H and O–H groups in total. The standard InChI is InChI=1S/C15H20N2O2S/c16-15(20)12-5-4-9-17(11-12)14(18)8-10-19-13-6-2-1-3-7-13/h1-3,6-7,12H,4-5,8-11H2,(H2,16,20). The molecule has 1 fully saturated rings. The normalized spacial score (nSPS) is 18.6. The second kappa shape index (κ2) is 7.24. The summed E-state index contributed by atoms with van der Waals surface area (Å²) in [6.45, 7) is 1.85. The molecule has 1 aromatic rings. The molecular weight excluding hydrogens is 272 g/mol. The third-order valence-corrected chi connectivity index (χ3v) is 3.84. The molecule has 1 amide bonds. The Labute approximate surface area is 124 Å². The summed E-state index contributed by atoms with van der Waals surface area (Å²) >= 11 is 5.02. The number of nitrogens with two attached hydrogens (primary N) is 1. The molecule has 1 heterocycles. The number of hydrogen-bond donors (Lipinski definition) is 1. The van der Waals surface area contributed by atoms with Gasteiger partial charge in [0.15, 0.2) is 0 Å². The van der Waals surface area contributed by atoms with Crippen LogP contribution in [-0.2, 0) is 4.79 Å². The molecule has 1 aliphatic heterocycles. The lowest BCUT2D eigenvalue weighted by Crippen LogP contribution is -2.43. The molecule has 108 valence electrons. The molecule has 20 heavy (non-hydrogen) atoms. The van der Waals surface area contributed by atoms with Crippen molar-refractivity contribution in [2.45, 2.75) is 19.3 Å². The van der Waals surface area contributed by atoms with Crippen LogP contribution in [0.5, 0.6) is 5.75 Å². The Kier molecular flexibility index (Phi) is 5.35. The molecule has 2 rings (SSSR count). The van der Waals surface area contributed by atoms with Crippen LogP contribution in [0, 0.1) is 5.92 Å². The number of hydrogen-bond acceptors (Lipinski definition) is 3. The van der Waals surface area contributed by atoms with Crippen LogP contribution in [0.1, 0.15) is 19.3 Å². The Balaban J connectivity index is 1.75. The average Bonchev–Trinajstić information content (AvgIpc) is 2.48. The molecule has 0 saturated carbocycles. The van der Waals surface area contributed by atoms with Crippen LogP contribution in [0.3, 0.4) is 0 Å². The molecule has 0 aliphatic carbocycles. The quantitative estimate of drug-likeness (QED) is 0.843. The van der Waals surface area contributed by atoms with E-state index >= 15 is 0 Å². The third kappa shape index (κ3) is 4.20. The van der Waals surface area contributed by atoms with Gasteiger partial charge in [-0.15, -0.1) is 0 Å². The van der Waals surface area contributed by atoms with Gasteiger partial charge >= 0.3 is 0 Å². The predicted octanol–water partition coefficient (Wildman–Crippen LogP) is 1.98. The number of thiocarbonyl (C=S) groups is 1. The average molecular weight is 292 g/mol. The predicted molar refractivity (Wildman–Crippen MR) is 82.6 cm³/mol. The largest absolute Gasteiger partial charge is 0.493 e. The van der Waals surface area contributed by atoms with Crippen molar-refractivity contribution < 1.29 is 9.53 Å². The van der Waals surface area contributed by atoms with Gasteiger partial charge in [-0.1, -0.05) is 30.4 Å². The van der Waals surface area contributed by atoms with Gasteiger partial charge in [-0.2, -0.15) is 0 Å². The van der Waals surface area contributed by atoms with Crippen LogP contribution in [0.4, 0.5) is 0 Å². The van der Waals surface area contributed by atoms with Gasteiger partial charge in [0.05, 0.1) is 18.0 Å². The van der Waals surface area contributed by atoms with Crippen molar-refractivity contribution in [3.63, 3.8) is 0 Å². The summed E-state index contributed by atoms with van der Waals surface area (Å²) in [4.78, 5) is 14.5. The SMILES string of the molecule is NC(=S)C1CCCN(C(=O)CCOc2ccccc2)C1. The number of carbonyl (C=O) groups excluding carboxylic acids is 1. The maximum atomic E-state index is 12.1. The number of carbonyl (C=O) groups is 1. The van der Waals surface area contributed by atoms with Crippen LogP contribution in [-0.4, -0.2) is 35.5 Å². The van der Waals surface area contributed by atoms with Crippen molar-refractivity contribution in [3.8, 4) is 5.75 Å². The molecule has 0 spiro atoms. The first kappa shape index (κ1) is 14.8. The zero-order valence-electron chi connectivity index (χ0n) is 11.5. The summed E-state index contributed by atoms with van der Waals surface area (Å²) in [5.74, 6) is 1.07. The zero-order valence-corrected chi connectivity index (χ0v) is 12.3. The molecule has 1 aromatic carbocycles. The van der Waals surface area contributed by atoms with Crippen molar-refractivity contribution in [2.75, 3.05) is 19.7 Å². The van der Waals surface area contributed by atoms with Crippen molar-refractivity contribution in [1.29, 1.82) is 0 Å². The third-order valence-electron chi connectivity index (χ3n) is 3.50. The highest BCUT2D eigenvalue weighted by atomic mass is 32.1. The first-order valence-electron chi connectivity index (χ1n) is 6.92. The summed E-state index contributed by atoms with van der Waals surface area (Å²) < 4.78 is 5.54. The van der Waals surface area contributed by atoms with Crippen LogP contribution in [0.25, 0.3) is 0 Å². The minimum Gasteiger partial charge on any atom is -0.493 e. The second-order valence-corrected chi connectivity index (χ2v) is 5.46. The van der Waals surface area contributed by atoms with Gasteiger partial charge in [0.2, 0.25) is 5.91 Å². The van der Waals surface area contributed by atoms with Crippen LogP contribution >= 0.6 is 12.2 Å². The van der Waals surface area contributed by atoms with E-state index in [-0.39, 0.29) is 11.8 Å². The summed E-state index contributed by atoms with van der Waals surface area (Å²) in [7, 11) is 0. The summed E-state index contributed by atoms with van der Waals surface area (Å²) in [5, 5.41) is 0. The topological polar surface area (TPSA) is 55.6 Å². The maximum Gasteiger partial charge on any atom is 0.226 e. The fraction of sp³-hybridized carbons (Fsp3) is 0.467. The van der Waals surface area contributed by atoms with E-state index in [1.54, 1.807) is 0 Å². The highest BCUT2D eigenvalue weighted by molar-refractivity contribution is 7.80. The number of ether oxygens (including phenoxy) is 1. The lowest BCUT2D eigenvalue weighted by molar-refractivity contribution is -0.133. The number of likely N-dealkylation sites (tertiary alicyclic amines) is 1. The molecule has 1 atom stereocenters. The Bertz CT molecular complexity index is 464. The van der Waals surface area contributed by atoms with Crippen LogP contribution < -0.4 is 10.5 Å². The van der Waals surface area contributed by atoms with E-state index in [1.165, 1.54) is 0 Å². The first-order chi connectivity index (χ1) is 9.66. The minimum atomic E-state index is 0.113. The number of nitrogens with zero attached hydrogens (tertiary/aromatic N) is 1. The van der Waals surface area contributed by atoms with Crippen molar-refractivity contribution in [2.24, 2.45) is 11.7 Å². The molecule has 0 radical (unpaired) electrons. The van der Waals surface area contributed by atoms with E-state index in [2.05, 4.69) is 0 Å². The highest BCUT2D eigenvalue weighted by Crippen LogP contribution is 2.17. The Morgan fingerprint density at radius 1 is 1.40 bits per heavy atom. The monoisotopic (exact) mass is 292 g/mol. The highest BCUT2D eigenvalue weighted by Gasteiger charge is 2.24. The van der Waals surface area contributed by atoms with Gasteiger partial charge < -0.3 is 15.4 Å². The molecule has 1 saturated heterocycles. The first-order valence-corrected chi connectivity index (χ1v) is 7.32. The molecule has 4 nitrogen and oxygen atoms in total. The zero-order chi connectivity index (χ0) is 14.4. The van der Waals surface area contributed by atoms with Crippen molar-refractivity contribution in [3.05, 3.63) is 30.3 Å². The van der Waals surface area contributed by atoms with Gasteiger partial charge in [-0.05, 0) is 25.0 Å². The van der Waals surface area contributed by atoms with E-state index in [0.29, 0.717) is 24.6 Å². The molecule has 0 aromatic heterocycles. The van der Waals surface area contributed by atoms with Crippen LogP contribution in [0.15, 0.2) is 30.3 Å². The second-order valence-electron chi connectivity index (χ2n) is 4.99. The van der Waals surface area contributed by atoms with Gasteiger partial charge in [0, 0.05) is 19.0 Å². The molecular formula is C15H20N2O2S. The molecule has 0 bridgehead atoms. The van der Waals surface area contributed by atoms with E-state index in [4.69, 9.17) is 22.7 Å². The van der Waals surface area contributed by atoms with Crippen molar-refractivity contribution >= 4 is 23.1 Å². The number of para-hydroxylation sites is 1. The fourth-order valence-corrected chi connectivity index (χ4v) is 2.56. The van der Waals surface area contributed by atoms with Crippen molar-refractivity contribution in [1.82, 2.24) is 4.90 Å². The lowest BCUT2D eigenvalue weighted by atomic mass is 9.98. The summed E-state index contributed by atoms with van der Waals surface area (Å²) in [6.07, 6.45) is 2.34. The number of amides is 1. The minimum absolute atomic E-state index is 0.113. The van der Waals surface area contributed by atoms with Gasteiger partial charge in [0.1, 0.15) is 5.75 Å². The number of rotatable bonds is 5. The molecule has 1 aliphatic rings. The Morgan fingerprint density at radius 3 is 2.85 bits per heavy atom. The Morgan fingerprint density at radius 2 is 2.15 bits per heavy atom. The summed E-state index contributed by atoms with van der Waals surface area (Å²) in [5.41, 5.74) is 5.67. The Hall–Kier alpha value is -1.62. The van der Waals surface area contributed by atoms with E-state index in [0.717, 1.165) is 25.1 Å². The maximum absolute atomic E-state index is 12.1. The van der Waals surface area contributed by atoms with Crippen LogP contribution in [0.2, 0.25) is 0 Å². The van der Waals surface area contributed by atoms with E-state index < -0.39 is 0 Å². The van der Waals surface area contributed by atoms with Gasteiger partial charge in [0.25, 0.3) is 0 Å². The molecule has 1 unspecified atom stereocenters. The fourth-order valence-electron chi connectivity index (χ4n) is 2.37. The van der Waals surface area contributed by atoms with E-state index in [1.807, 2.05) is 35.2 Å². The van der Waals surface area contributed by atoms with E-state index in [9.17, 15) is 4.79 Å².